The first-order valence-corrected chi connectivity index (χ1v) is 9.63. The summed E-state index contributed by atoms with van der Waals surface area (Å²) in [5.74, 6) is 0.873. The van der Waals surface area contributed by atoms with Gasteiger partial charge in [-0.1, -0.05) is 47.5 Å². The first kappa shape index (κ1) is 25.3. The topological polar surface area (TPSA) is 33.7 Å². The Balaban J connectivity index is 0.00000196. The van der Waals surface area contributed by atoms with Crippen molar-refractivity contribution in [2.75, 3.05) is 39.4 Å². The first-order chi connectivity index (χ1) is 12.7. The largest absolute Gasteiger partial charge is 0.489 e. The van der Waals surface area contributed by atoms with Crippen molar-refractivity contribution in [1.82, 2.24) is 10.2 Å². The van der Waals surface area contributed by atoms with Crippen molar-refractivity contribution in [2.24, 2.45) is 0 Å². The quantitative estimate of drug-likeness (QED) is 0.563. The summed E-state index contributed by atoms with van der Waals surface area (Å²) in [5, 5.41) is 4.75. The van der Waals surface area contributed by atoms with Gasteiger partial charge in [0, 0.05) is 53.9 Å². The summed E-state index contributed by atoms with van der Waals surface area (Å²) in [4.78, 5) is 2.42. The van der Waals surface area contributed by atoms with E-state index in [0.717, 1.165) is 62.8 Å². The average Bonchev–Trinajstić information content (AvgIpc) is 2.66. The van der Waals surface area contributed by atoms with Crippen LogP contribution in [0.15, 0.2) is 42.5 Å². The van der Waals surface area contributed by atoms with Crippen LogP contribution in [0.4, 0.5) is 0 Å². The molecule has 4 nitrogen and oxygen atoms in total. The van der Waals surface area contributed by atoms with Gasteiger partial charge in [0.25, 0.3) is 0 Å². The molecule has 0 unspecified atom stereocenters. The molecule has 1 aliphatic rings. The molecule has 0 saturated carbocycles. The molecule has 28 heavy (non-hydrogen) atoms. The zero-order valence-corrected chi connectivity index (χ0v) is 18.7. The number of nitrogens with zero attached hydrogens (tertiary/aromatic N) is 1. The third kappa shape index (κ3) is 7.96. The minimum Gasteiger partial charge on any atom is -0.489 e. The van der Waals surface area contributed by atoms with Crippen LogP contribution in [0.5, 0.6) is 5.75 Å². The van der Waals surface area contributed by atoms with E-state index in [9.17, 15) is 0 Å². The number of morpholine rings is 1. The minimum absolute atomic E-state index is 0. The van der Waals surface area contributed by atoms with Crippen molar-refractivity contribution in [3.8, 4) is 5.75 Å². The van der Waals surface area contributed by atoms with Crippen LogP contribution in [0, 0.1) is 0 Å². The molecule has 156 valence electrons. The summed E-state index contributed by atoms with van der Waals surface area (Å²) >= 11 is 12.2. The molecule has 0 amide bonds. The summed E-state index contributed by atoms with van der Waals surface area (Å²) in [6.45, 7) is 6.88. The lowest BCUT2D eigenvalue weighted by atomic mass is 10.2. The van der Waals surface area contributed by atoms with Crippen LogP contribution in [0.3, 0.4) is 0 Å². The molecule has 2 aromatic carbocycles. The van der Waals surface area contributed by atoms with Crippen LogP contribution in [0.1, 0.15) is 11.1 Å². The molecule has 1 N–H and O–H groups in total. The Kier molecular flexibility index (Phi) is 12.2. The van der Waals surface area contributed by atoms with Crippen LogP contribution in [-0.4, -0.2) is 44.3 Å². The molecule has 0 spiro atoms. The van der Waals surface area contributed by atoms with E-state index in [1.165, 1.54) is 0 Å². The zero-order valence-electron chi connectivity index (χ0n) is 15.5. The maximum absolute atomic E-state index is 6.22. The molecule has 1 fully saturated rings. The molecular formula is C20H26Cl4N2O2. The molecule has 0 radical (unpaired) electrons. The summed E-state index contributed by atoms with van der Waals surface area (Å²) in [5.41, 5.74) is 2.06. The normalized spacial score (nSPS) is 14.1. The molecule has 0 aliphatic carbocycles. The lowest BCUT2D eigenvalue weighted by molar-refractivity contribution is 0.0384. The Morgan fingerprint density at radius 2 is 1.75 bits per heavy atom. The third-order valence-electron chi connectivity index (χ3n) is 4.39. The highest BCUT2D eigenvalue weighted by atomic mass is 35.5. The summed E-state index contributed by atoms with van der Waals surface area (Å²) < 4.78 is 11.4. The molecule has 3 rings (SSSR count). The fraction of sp³-hybridized carbons (Fsp3) is 0.400. The highest BCUT2D eigenvalue weighted by Crippen LogP contribution is 2.24. The van der Waals surface area contributed by atoms with Crippen molar-refractivity contribution < 1.29 is 9.47 Å². The maximum Gasteiger partial charge on any atom is 0.124 e. The molecule has 0 atom stereocenters. The SMILES string of the molecule is Cl.Cl.Clc1ccc(COc2ccccc2CNCCN2CCOCC2)c(Cl)c1. The Hall–Kier alpha value is -0.720. The molecule has 0 aromatic heterocycles. The molecular weight excluding hydrogens is 442 g/mol. The van der Waals surface area contributed by atoms with Gasteiger partial charge in [-0.3, -0.25) is 4.90 Å². The second-order valence-electron chi connectivity index (χ2n) is 6.26. The van der Waals surface area contributed by atoms with Gasteiger partial charge in [0.2, 0.25) is 0 Å². The number of rotatable bonds is 8. The molecule has 1 aliphatic heterocycles. The van der Waals surface area contributed by atoms with Gasteiger partial charge in [-0.25, -0.2) is 0 Å². The van der Waals surface area contributed by atoms with Crippen molar-refractivity contribution >= 4 is 48.0 Å². The van der Waals surface area contributed by atoms with Crippen molar-refractivity contribution in [3.63, 3.8) is 0 Å². The van der Waals surface area contributed by atoms with E-state index < -0.39 is 0 Å². The standard InChI is InChI=1S/C20H24Cl2N2O2.2ClH/c21-18-6-5-17(19(22)13-18)15-26-20-4-2-1-3-16(20)14-23-7-8-24-9-11-25-12-10-24;;/h1-6,13,23H,7-12,14-15H2;2*1H. The van der Waals surface area contributed by atoms with Crippen molar-refractivity contribution in [1.29, 1.82) is 0 Å². The van der Waals surface area contributed by atoms with Gasteiger partial charge in [-0.05, 0) is 18.2 Å². The Labute approximate surface area is 189 Å². The Bertz CT molecular complexity index is 712. The van der Waals surface area contributed by atoms with E-state index in [4.69, 9.17) is 32.7 Å². The molecule has 1 heterocycles. The molecule has 0 bridgehead atoms. The second-order valence-corrected chi connectivity index (χ2v) is 7.11. The molecule has 8 heteroatoms. The summed E-state index contributed by atoms with van der Waals surface area (Å²) in [6.07, 6.45) is 0. The fourth-order valence-corrected chi connectivity index (χ4v) is 3.33. The van der Waals surface area contributed by atoms with Gasteiger partial charge in [-0.2, -0.15) is 0 Å². The molecule has 1 saturated heterocycles. The van der Waals surface area contributed by atoms with Crippen LogP contribution in [0.2, 0.25) is 10.0 Å². The number of ether oxygens (including phenoxy) is 2. The monoisotopic (exact) mass is 466 g/mol. The fourth-order valence-electron chi connectivity index (χ4n) is 2.87. The van der Waals surface area contributed by atoms with E-state index in [1.54, 1.807) is 6.07 Å². The van der Waals surface area contributed by atoms with E-state index in [1.807, 2.05) is 30.3 Å². The Morgan fingerprint density at radius 1 is 1.00 bits per heavy atom. The third-order valence-corrected chi connectivity index (χ3v) is 4.98. The maximum atomic E-state index is 6.22. The average molecular weight is 468 g/mol. The Morgan fingerprint density at radius 3 is 2.50 bits per heavy atom. The van der Waals surface area contributed by atoms with E-state index in [2.05, 4.69) is 16.3 Å². The van der Waals surface area contributed by atoms with Gasteiger partial charge < -0.3 is 14.8 Å². The number of nitrogens with one attached hydrogen (secondary N) is 1. The minimum atomic E-state index is 0. The van der Waals surface area contributed by atoms with E-state index >= 15 is 0 Å². The lowest BCUT2D eigenvalue weighted by Crippen LogP contribution is -2.40. The number of halogens is 4. The van der Waals surface area contributed by atoms with Gasteiger partial charge in [0.1, 0.15) is 12.4 Å². The van der Waals surface area contributed by atoms with E-state index in [-0.39, 0.29) is 24.8 Å². The van der Waals surface area contributed by atoms with Gasteiger partial charge >= 0.3 is 0 Å². The van der Waals surface area contributed by atoms with Gasteiger partial charge in [-0.15, -0.1) is 24.8 Å². The smallest absolute Gasteiger partial charge is 0.124 e. The van der Waals surface area contributed by atoms with Crippen LogP contribution >= 0.6 is 48.0 Å². The summed E-state index contributed by atoms with van der Waals surface area (Å²) in [6, 6.07) is 13.5. The highest BCUT2D eigenvalue weighted by Gasteiger charge is 2.10. The van der Waals surface area contributed by atoms with Crippen molar-refractivity contribution in [3.05, 3.63) is 63.6 Å². The van der Waals surface area contributed by atoms with Crippen LogP contribution in [-0.2, 0) is 17.9 Å². The molecule has 2 aromatic rings. The predicted molar refractivity (Wildman–Crippen MR) is 121 cm³/mol. The zero-order chi connectivity index (χ0) is 18.2. The highest BCUT2D eigenvalue weighted by molar-refractivity contribution is 6.35. The number of para-hydroxylation sites is 1. The second kappa shape index (κ2) is 13.5. The summed E-state index contributed by atoms with van der Waals surface area (Å²) in [7, 11) is 0. The number of benzene rings is 2. The lowest BCUT2D eigenvalue weighted by Gasteiger charge is -2.26. The predicted octanol–water partition coefficient (Wildman–Crippen LogP) is 4.84. The van der Waals surface area contributed by atoms with Crippen LogP contribution < -0.4 is 10.1 Å². The van der Waals surface area contributed by atoms with Crippen molar-refractivity contribution in [2.45, 2.75) is 13.2 Å². The first-order valence-electron chi connectivity index (χ1n) is 8.88. The van der Waals surface area contributed by atoms with Gasteiger partial charge in [0.15, 0.2) is 0 Å². The number of hydrogen-bond donors (Lipinski definition) is 1. The van der Waals surface area contributed by atoms with Gasteiger partial charge in [0.05, 0.1) is 13.2 Å². The number of hydrogen-bond acceptors (Lipinski definition) is 4. The van der Waals surface area contributed by atoms with E-state index in [0.29, 0.717) is 16.7 Å². The van der Waals surface area contributed by atoms with Crippen LogP contribution in [0.25, 0.3) is 0 Å².